The summed E-state index contributed by atoms with van der Waals surface area (Å²) < 4.78 is 6.06. The third kappa shape index (κ3) is 6.36. The van der Waals surface area contributed by atoms with Crippen molar-refractivity contribution in [3.8, 4) is 11.5 Å². The number of benzene rings is 2. The van der Waals surface area contributed by atoms with Crippen molar-refractivity contribution in [2.75, 3.05) is 12.4 Å². The van der Waals surface area contributed by atoms with E-state index in [2.05, 4.69) is 38.4 Å². The van der Waals surface area contributed by atoms with Gasteiger partial charge >= 0.3 is 0 Å². The molecule has 2 aromatic rings. The van der Waals surface area contributed by atoms with E-state index in [1.165, 1.54) is 19.4 Å². The van der Waals surface area contributed by atoms with E-state index in [1.54, 1.807) is 24.3 Å². The van der Waals surface area contributed by atoms with Gasteiger partial charge in [-0.3, -0.25) is 9.59 Å². The maximum Gasteiger partial charge on any atom is 0.240 e. The highest BCUT2D eigenvalue weighted by Crippen LogP contribution is 2.25. The Morgan fingerprint density at radius 3 is 2.54 bits per heavy atom. The first-order valence-corrected chi connectivity index (χ1v) is 8.80. The fourth-order valence-corrected chi connectivity index (χ4v) is 2.35. The molecule has 0 heterocycles. The number of nitrogens with one attached hydrogen (secondary N) is 2. The zero-order valence-corrected chi connectivity index (χ0v) is 16.2. The van der Waals surface area contributed by atoms with E-state index in [-0.39, 0.29) is 30.4 Å². The molecule has 0 bridgehead atoms. The van der Waals surface area contributed by atoms with Gasteiger partial charge in [0.25, 0.3) is 0 Å². The highest BCUT2D eigenvalue weighted by molar-refractivity contribution is 14.1. The molecule has 0 atom stereocenters. The molecule has 26 heavy (non-hydrogen) atoms. The van der Waals surface area contributed by atoms with Crippen molar-refractivity contribution in [1.82, 2.24) is 5.43 Å². The van der Waals surface area contributed by atoms with Crippen LogP contribution in [-0.2, 0) is 9.59 Å². The van der Waals surface area contributed by atoms with Gasteiger partial charge in [0.2, 0.25) is 11.8 Å². The number of hydrazone groups is 1. The molecule has 0 radical (unpaired) electrons. The second-order valence-electron chi connectivity index (χ2n) is 5.28. The molecule has 3 N–H and O–H groups in total. The molecule has 136 valence electrons. The monoisotopic (exact) mass is 467 g/mol. The van der Waals surface area contributed by atoms with Gasteiger partial charge in [0.1, 0.15) is 0 Å². The Morgan fingerprint density at radius 2 is 1.85 bits per heavy atom. The third-order valence-electron chi connectivity index (χ3n) is 3.31. The highest BCUT2D eigenvalue weighted by atomic mass is 127. The summed E-state index contributed by atoms with van der Waals surface area (Å²) in [6.45, 7) is 0. The molecule has 2 rings (SSSR count). The van der Waals surface area contributed by atoms with Gasteiger partial charge in [-0.05, 0) is 70.6 Å². The number of hydrogen-bond donors (Lipinski definition) is 3. The molecule has 0 aromatic heterocycles. The molecule has 0 aliphatic rings. The van der Waals surface area contributed by atoms with E-state index in [9.17, 15) is 14.7 Å². The summed E-state index contributed by atoms with van der Waals surface area (Å²) in [4.78, 5) is 23.6. The van der Waals surface area contributed by atoms with Gasteiger partial charge in [-0.1, -0.05) is 0 Å². The minimum absolute atomic E-state index is 0.0203. The largest absolute Gasteiger partial charge is 0.504 e. The summed E-state index contributed by atoms with van der Waals surface area (Å²) in [6, 6.07) is 12.1. The number of hydrogen-bond acceptors (Lipinski definition) is 5. The topological polar surface area (TPSA) is 100 Å². The van der Waals surface area contributed by atoms with Crippen molar-refractivity contribution in [2.45, 2.75) is 12.8 Å². The van der Waals surface area contributed by atoms with Crippen LogP contribution in [-0.4, -0.2) is 30.2 Å². The second-order valence-corrected chi connectivity index (χ2v) is 6.53. The summed E-state index contributed by atoms with van der Waals surface area (Å²) in [5, 5.41) is 16.1. The number of phenols is 1. The smallest absolute Gasteiger partial charge is 0.240 e. The van der Waals surface area contributed by atoms with Crippen molar-refractivity contribution in [3.05, 3.63) is 51.6 Å². The lowest BCUT2D eigenvalue weighted by Gasteiger charge is -2.05. The van der Waals surface area contributed by atoms with Crippen LogP contribution in [0.25, 0.3) is 0 Å². The molecule has 0 aliphatic carbocycles. The molecule has 7 nitrogen and oxygen atoms in total. The number of ether oxygens (including phenoxy) is 1. The van der Waals surface area contributed by atoms with E-state index >= 15 is 0 Å². The zero-order chi connectivity index (χ0) is 18.9. The summed E-state index contributed by atoms with van der Waals surface area (Å²) in [6.07, 6.45) is 1.50. The maximum absolute atomic E-state index is 11.8. The fraction of sp³-hybridized carbons (Fsp3) is 0.167. The lowest BCUT2D eigenvalue weighted by atomic mass is 10.2. The van der Waals surface area contributed by atoms with Crippen molar-refractivity contribution < 1.29 is 19.4 Å². The van der Waals surface area contributed by atoms with Crippen LogP contribution in [0.4, 0.5) is 5.69 Å². The van der Waals surface area contributed by atoms with E-state index in [0.717, 1.165) is 3.57 Å². The van der Waals surface area contributed by atoms with Gasteiger partial charge in [-0.15, -0.1) is 0 Å². The van der Waals surface area contributed by atoms with E-state index in [4.69, 9.17) is 4.74 Å². The quantitative estimate of drug-likeness (QED) is 0.331. The molecule has 2 aromatic carbocycles. The summed E-state index contributed by atoms with van der Waals surface area (Å²) in [7, 11) is 1.44. The number of rotatable bonds is 7. The maximum atomic E-state index is 11.8. The van der Waals surface area contributed by atoms with Gasteiger partial charge in [0.15, 0.2) is 11.5 Å². The standard InChI is InChI=1S/C18H18IN3O4/c1-26-16-10-12(2-7-15(16)23)11-20-22-18(25)9-8-17(24)21-14-5-3-13(19)4-6-14/h2-7,10-11,23H,8-9H2,1H3,(H,21,24)(H,22,25). The lowest BCUT2D eigenvalue weighted by molar-refractivity contribution is -0.124. The molecule has 0 aliphatic heterocycles. The first-order valence-electron chi connectivity index (χ1n) is 7.72. The second kappa shape index (κ2) is 9.76. The normalized spacial score (nSPS) is 10.5. The number of aromatic hydroxyl groups is 1. The average molecular weight is 467 g/mol. The Kier molecular flexibility index (Phi) is 7.39. The Balaban J connectivity index is 1.76. The predicted molar refractivity (Wildman–Crippen MR) is 107 cm³/mol. The SMILES string of the molecule is COc1cc(C=NNC(=O)CCC(=O)Nc2ccc(I)cc2)ccc1O. The van der Waals surface area contributed by atoms with Crippen LogP contribution in [0.1, 0.15) is 18.4 Å². The van der Waals surface area contributed by atoms with Gasteiger partial charge in [-0.25, -0.2) is 5.43 Å². The van der Waals surface area contributed by atoms with Crippen LogP contribution in [0.5, 0.6) is 11.5 Å². The molecule has 0 saturated carbocycles. The van der Waals surface area contributed by atoms with Crippen molar-refractivity contribution in [3.63, 3.8) is 0 Å². The van der Waals surface area contributed by atoms with Crippen LogP contribution in [0.2, 0.25) is 0 Å². The minimum atomic E-state index is -0.371. The van der Waals surface area contributed by atoms with Crippen molar-refractivity contribution in [2.24, 2.45) is 5.10 Å². The lowest BCUT2D eigenvalue weighted by Crippen LogP contribution is -2.20. The fourth-order valence-electron chi connectivity index (χ4n) is 1.99. The Labute approximate surface area is 164 Å². The number of carbonyl (C=O) groups excluding carboxylic acids is 2. The van der Waals surface area contributed by atoms with Gasteiger partial charge in [0, 0.05) is 22.1 Å². The molecule has 0 spiro atoms. The molecule has 0 saturated heterocycles. The zero-order valence-electron chi connectivity index (χ0n) is 14.0. The van der Waals surface area contributed by atoms with E-state index < -0.39 is 0 Å². The Morgan fingerprint density at radius 1 is 1.15 bits per heavy atom. The first kappa shape index (κ1) is 19.7. The van der Waals surface area contributed by atoms with Gasteiger partial charge in [-0.2, -0.15) is 5.10 Å². The molecule has 8 heteroatoms. The number of amides is 2. The molecule has 0 unspecified atom stereocenters. The van der Waals surface area contributed by atoms with Crippen LogP contribution >= 0.6 is 22.6 Å². The minimum Gasteiger partial charge on any atom is -0.504 e. The first-order chi connectivity index (χ1) is 12.5. The third-order valence-corrected chi connectivity index (χ3v) is 4.03. The summed E-state index contributed by atoms with van der Waals surface area (Å²) in [5.74, 6) is -0.279. The number of phenolic OH excluding ortho intramolecular Hbond substituents is 1. The summed E-state index contributed by atoms with van der Waals surface area (Å²) in [5.41, 5.74) is 3.70. The summed E-state index contributed by atoms with van der Waals surface area (Å²) >= 11 is 2.18. The van der Waals surface area contributed by atoms with Crippen LogP contribution in [0.3, 0.4) is 0 Å². The van der Waals surface area contributed by atoms with Crippen molar-refractivity contribution >= 4 is 46.3 Å². The number of halogens is 1. The number of anilines is 1. The van der Waals surface area contributed by atoms with Crippen LogP contribution in [0.15, 0.2) is 47.6 Å². The van der Waals surface area contributed by atoms with Gasteiger partial charge < -0.3 is 15.2 Å². The van der Waals surface area contributed by atoms with Crippen LogP contribution in [0, 0.1) is 3.57 Å². The van der Waals surface area contributed by atoms with E-state index in [0.29, 0.717) is 17.0 Å². The molecule has 0 fully saturated rings. The average Bonchev–Trinajstić information content (AvgIpc) is 2.63. The molecule has 2 amide bonds. The Bertz CT molecular complexity index is 807. The van der Waals surface area contributed by atoms with Crippen LogP contribution < -0.4 is 15.5 Å². The molecular formula is C18H18IN3O4. The highest BCUT2D eigenvalue weighted by Gasteiger charge is 2.07. The van der Waals surface area contributed by atoms with Gasteiger partial charge in [0.05, 0.1) is 13.3 Å². The van der Waals surface area contributed by atoms with Crippen molar-refractivity contribution in [1.29, 1.82) is 0 Å². The molecular weight excluding hydrogens is 449 g/mol. The number of nitrogens with zero attached hydrogens (tertiary/aromatic N) is 1. The van der Waals surface area contributed by atoms with E-state index in [1.807, 2.05) is 12.1 Å². The number of methoxy groups -OCH3 is 1. The Hall–Kier alpha value is -2.62. The number of carbonyl (C=O) groups is 2. The predicted octanol–water partition coefficient (Wildman–Crippen LogP) is 2.87.